The van der Waals surface area contributed by atoms with Crippen LogP contribution in [0.1, 0.15) is 37.8 Å². The fraction of sp³-hybridized carbons (Fsp3) is 0.364. The third kappa shape index (κ3) is 5.73. The van der Waals surface area contributed by atoms with Gasteiger partial charge in [0.05, 0.1) is 0 Å². The Bertz CT molecular complexity index is 823. The molecule has 0 radical (unpaired) electrons. The molecular weight excluding hydrogens is 376 g/mol. The molecule has 2 rings (SSSR count). The van der Waals surface area contributed by atoms with E-state index in [4.69, 9.17) is 16.3 Å². The molecule has 0 bridgehead atoms. The molecule has 0 fully saturated rings. The number of carbonyl (C=O) groups is 2. The molecule has 2 amide bonds. The maximum atomic E-state index is 12.9. The highest BCUT2D eigenvalue weighted by Gasteiger charge is 2.26. The Balaban J connectivity index is 2.18. The minimum atomic E-state index is -0.638. The highest BCUT2D eigenvalue weighted by Crippen LogP contribution is 2.26. The molecule has 5 nitrogen and oxygen atoms in total. The van der Waals surface area contributed by atoms with E-state index in [0.717, 1.165) is 11.1 Å². The van der Waals surface area contributed by atoms with Gasteiger partial charge in [0.2, 0.25) is 5.91 Å². The zero-order valence-corrected chi connectivity index (χ0v) is 17.5. The lowest BCUT2D eigenvalue weighted by Crippen LogP contribution is -2.48. The van der Waals surface area contributed by atoms with E-state index in [1.165, 1.54) is 4.90 Å². The predicted octanol–water partition coefficient (Wildman–Crippen LogP) is 4.01. The van der Waals surface area contributed by atoms with Crippen molar-refractivity contribution < 1.29 is 14.3 Å². The van der Waals surface area contributed by atoms with Gasteiger partial charge in [-0.3, -0.25) is 9.59 Å². The van der Waals surface area contributed by atoms with Gasteiger partial charge in [-0.1, -0.05) is 55.8 Å². The summed E-state index contributed by atoms with van der Waals surface area (Å²) < 4.78 is 5.82. The van der Waals surface area contributed by atoms with E-state index in [-0.39, 0.29) is 30.9 Å². The number of nitrogens with zero attached hydrogens (tertiary/aromatic N) is 1. The maximum Gasteiger partial charge on any atom is 0.261 e. The predicted molar refractivity (Wildman–Crippen MR) is 112 cm³/mol. The summed E-state index contributed by atoms with van der Waals surface area (Å²) in [7, 11) is 1.55. The Hall–Kier alpha value is -2.53. The van der Waals surface area contributed by atoms with Crippen LogP contribution in [-0.4, -0.2) is 36.4 Å². The first-order valence-electron chi connectivity index (χ1n) is 9.30. The molecule has 6 heteroatoms. The topological polar surface area (TPSA) is 58.6 Å². The monoisotopic (exact) mass is 402 g/mol. The van der Waals surface area contributed by atoms with Crippen molar-refractivity contribution in [2.45, 2.75) is 39.3 Å². The molecule has 0 spiro atoms. The lowest BCUT2D eigenvalue weighted by molar-refractivity contribution is -0.142. The molecule has 0 aliphatic rings. The number of hydrogen-bond donors (Lipinski definition) is 1. The fourth-order valence-corrected chi connectivity index (χ4v) is 3.15. The SMILES string of the molecule is CNC(=O)C(C)N(Cc1cccc(Cl)c1)C(=O)COc1ccccc1C(C)C. The molecule has 2 aromatic rings. The number of carbonyl (C=O) groups excluding carboxylic acids is 2. The Morgan fingerprint density at radius 3 is 2.46 bits per heavy atom. The molecule has 150 valence electrons. The lowest BCUT2D eigenvalue weighted by Gasteiger charge is -2.28. The molecule has 0 aliphatic heterocycles. The summed E-state index contributed by atoms with van der Waals surface area (Å²) in [5, 5.41) is 3.18. The molecule has 0 aliphatic carbocycles. The molecule has 1 unspecified atom stereocenters. The molecule has 0 saturated heterocycles. The van der Waals surface area contributed by atoms with E-state index in [0.29, 0.717) is 10.8 Å². The van der Waals surface area contributed by atoms with Crippen molar-refractivity contribution >= 4 is 23.4 Å². The number of amides is 2. The van der Waals surface area contributed by atoms with E-state index in [1.54, 1.807) is 26.1 Å². The standard InChI is InChI=1S/C22H27ClN2O3/c1-15(2)19-10-5-6-11-20(19)28-14-21(26)25(16(3)22(27)24-4)13-17-8-7-9-18(23)12-17/h5-12,15-16H,13-14H2,1-4H3,(H,24,27). The molecule has 2 aromatic carbocycles. The third-order valence-corrected chi connectivity index (χ3v) is 4.78. The van der Waals surface area contributed by atoms with E-state index in [9.17, 15) is 9.59 Å². The minimum Gasteiger partial charge on any atom is -0.483 e. The summed E-state index contributed by atoms with van der Waals surface area (Å²) in [5.74, 6) is 0.451. The Labute approximate surface area is 171 Å². The first-order valence-corrected chi connectivity index (χ1v) is 9.68. The molecule has 0 aromatic heterocycles. The highest BCUT2D eigenvalue weighted by molar-refractivity contribution is 6.30. The minimum absolute atomic E-state index is 0.147. The summed E-state index contributed by atoms with van der Waals surface area (Å²) >= 11 is 6.06. The van der Waals surface area contributed by atoms with Crippen LogP contribution in [0.25, 0.3) is 0 Å². The van der Waals surface area contributed by atoms with Gasteiger partial charge in [0.15, 0.2) is 6.61 Å². The van der Waals surface area contributed by atoms with E-state index in [1.807, 2.05) is 36.4 Å². The second-order valence-electron chi connectivity index (χ2n) is 6.92. The van der Waals surface area contributed by atoms with Crippen molar-refractivity contribution in [2.75, 3.05) is 13.7 Å². The first kappa shape index (κ1) is 21.8. The number of ether oxygens (including phenoxy) is 1. The smallest absolute Gasteiger partial charge is 0.261 e. The van der Waals surface area contributed by atoms with E-state index < -0.39 is 6.04 Å². The van der Waals surface area contributed by atoms with Gasteiger partial charge in [0.25, 0.3) is 5.91 Å². The average Bonchev–Trinajstić information content (AvgIpc) is 2.69. The van der Waals surface area contributed by atoms with Crippen LogP contribution in [0.15, 0.2) is 48.5 Å². The number of hydrogen-bond acceptors (Lipinski definition) is 3. The van der Waals surface area contributed by atoms with Crippen LogP contribution < -0.4 is 10.1 Å². The van der Waals surface area contributed by atoms with Gasteiger partial charge in [-0.2, -0.15) is 0 Å². The van der Waals surface area contributed by atoms with Crippen LogP contribution in [-0.2, 0) is 16.1 Å². The number of rotatable bonds is 8. The van der Waals surface area contributed by atoms with E-state index in [2.05, 4.69) is 19.2 Å². The second-order valence-corrected chi connectivity index (χ2v) is 7.36. The van der Waals surface area contributed by atoms with Gasteiger partial charge in [-0.25, -0.2) is 0 Å². The molecular formula is C22H27ClN2O3. The van der Waals surface area contributed by atoms with Crippen LogP contribution in [0.2, 0.25) is 5.02 Å². The van der Waals surface area contributed by atoms with Crippen molar-refractivity contribution in [3.63, 3.8) is 0 Å². The Morgan fingerprint density at radius 1 is 1.11 bits per heavy atom. The van der Waals surface area contributed by atoms with Crippen molar-refractivity contribution in [1.29, 1.82) is 0 Å². The number of nitrogens with one attached hydrogen (secondary N) is 1. The van der Waals surface area contributed by atoms with Gasteiger partial charge >= 0.3 is 0 Å². The first-order chi connectivity index (χ1) is 13.3. The lowest BCUT2D eigenvalue weighted by atomic mass is 10.0. The van der Waals surface area contributed by atoms with Gasteiger partial charge < -0.3 is 15.0 Å². The van der Waals surface area contributed by atoms with Crippen molar-refractivity contribution in [1.82, 2.24) is 10.2 Å². The fourth-order valence-electron chi connectivity index (χ4n) is 2.93. The van der Waals surface area contributed by atoms with Crippen LogP contribution in [0.5, 0.6) is 5.75 Å². The van der Waals surface area contributed by atoms with E-state index >= 15 is 0 Å². The molecule has 0 heterocycles. The Kier molecular flexibility index (Phi) is 7.88. The van der Waals surface area contributed by atoms with Gasteiger partial charge in [-0.15, -0.1) is 0 Å². The average molecular weight is 403 g/mol. The summed E-state index contributed by atoms with van der Waals surface area (Å²) in [6.45, 7) is 5.96. The van der Waals surface area contributed by atoms with Gasteiger partial charge in [0.1, 0.15) is 11.8 Å². The van der Waals surface area contributed by atoms with Crippen LogP contribution >= 0.6 is 11.6 Å². The normalized spacial score (nSPS) is 11.8. The largest absolute Gasteiger partial charge is 0.483 e. The summed E-state index contributed by atoms with van der Waals surface area (Å²) in [6, 6.07) is 14.3. The quantitative estimate of drug-likeness (QED) is 0.725. The third-order valence-electron chi connectivity index (χ3n) is 4.55. The molecule has 28 heavy (non-hydrogen) atoms. The van der Waals surface area contributed by atoms with Crippen molar-refractivity contribution in [3.8, 4) is 5.75 Å². The molecule has 1 N–H and O–H groups in total. The number of benzene rings is 2. The van der Waals surface area contributed by atoms with Crippen LogP contribution in [0.4, 0.5) is 0 Å². The highest BCUT2D eigenvalue weighted by atomic mass is 35.5. The summed E-state index contributed by atoms with van der Waals surface area (Å²) in [5.41, 5.74) is 1.88. The summed E-state index contributed by atoms with van der Waals surface area (Å²) in [4.78, 5) is 26.6. The maximum absolute atomic E-state index is 12.9. The van der Waals surface area contributed by atoms with Gasteiger partial charge in [0, 0.05) is 18.6 Å². The van der Waals surface area contributed by atoms with Crippen molar-refractivity contribution in [3.05, 3.63) is 64.7 Å². The van der Waals surface area contributed by atoms with Crippen molar-refractivity contribution in [2.24, 2.45) is 0 Å². The molecule has 0 saturated carbocycles. The molecule has 1 atom stereocenters. The number of likely N-dealkylation sites (N-methyl/N-ethyl adjacent to an activating group) is 1. The Morgan fingerprint density at radius 2 is 1.82 bits per heavy atom. The summed E-state index contributed by atoms with van der Waals surface area (Å²) in [6.07, 6.45) is 0. The van der Waals surface area contributed by atoms with Crippen LogP contribution in [0.3, 0.4) is 0 Å². The number of para-hydroxylation sites is 1. The van der Waals surface area contributed by atoms with Gasteiger partial charge in [-0.05, 0) is 42.2 Å². The zero-order chi connectivity index (χ0) is 20.7. The van der Waals surface area contributed by atoms with Crippen LogP contribution in [0, 0.1) is 0 Å². The second kappa shape index (κ2) is 10.1. The number of halogens is 1. The zero-order valence-electron chi connectivity index (χ0n) is 16.7.